The number of ether oxygens (including phenoxy) is 1. The lowest BCUT2D eigenvalue weighted by Crippen LogP contribution is -2.43. The highest BCUT2D eigenvalue weighted by Crippen LogP contribution is 2.18. The van der Waals surface area contributed by atoms with Gasteiger partial charge in [-0.25, -0.2) is 9.48 Å². The second-order valence-electron chi connectivity index (χ2n) is 7.39. The van der Waals surface area contributed by atoms with Crippen molar-refractivity contribution in [1.29, 1.82) is 0 Å². The lowest BCUT2D eigenvalue weighted by Gasteiger charge is -2.30. The molecule has 0 spiro atoms. The maximum absolute atomic E-state index is 12.8. The minimum atomic E-state index is -0.565. The molecule has 1 aromatic carbocycles. The van der Waals surface area contributed by atoms with Crippen molar-refractivity contribution in [1.82, 2.24) is 14.7 Å². The first-order chi connectivity index (χ1) is 12.2. The van der Waals surface area contributed by atoms with Crippen LogP contribution in [0.2, 0.25) is 5.02 Å². The molecule has 0 saturated heterocycles. The zero-order valence-electron chi connectivity index (χ0n) is 15.2. The third-order valence-electron chi connectivity index (χ3n) is 4.13. The van der Waals surface area contributed by atoms with E-state index < -0.39 is 11.7 Å². The van der Waals surface area contributed by atoms with Gasteiger partial charge in [-0.3, -0.25) is 4.79 Å². The third-order valence-corrected chi connectivity index (χ3v) is 4.38. The van der Waals surface area contributed by atoms with Gasteiger partial charge in [0.05, 0.1) is 19.3 Å². The van der Waals surface area contributed by atoms with E-state index in [4.69, 9.17) is 16.3 Å². The van der Waals surface area contributed by atoms with E-state index in [1.807, 2.05) is 32.9 Å². The maximum atomic E-state index is 12.8. The summed E-state index contributed by atoms with van der Waals surface area (Å²) in [5.74, 6) is 0. The lowest BCUT2D eigenvalue weighted by molar-refractivity contribution is 0.0222. The Morgan fingerprint density at radius 3 is 2.62 bits per heavy atom. The summed E-state index contributed by atoms with van der Waals surface area (Å²) >= 11 is 5.90. The molecular formula is C19H22ClN3O3. The molecule has 138 valence electrons. The predicted octanol–water partition coefficient (Wildman–Crippen LogP) is 3.24. The molecule has 7 heteroatoms. The van der Waals surface area contributed by atoms with E-state index in [0.29, 0.717) is 30.1 Å². The molecule has 1 amide bonds. The Kier molecular flexibility index (Phi) is 5.05. The zero-order valence-corrected chi connectivity index (χ0v) is 15.9. The summed E-state index contributed by atoms with van der Waals surface area (Å²) in [5, 5.41) is 4.92. The highest BCUT2D eigenvalue weighted by molar-refractivity contribution is 6.30. The van der Waals surface area contributed by atoms with Crippen LogP contribution in [0.5, 0.6) is 0 Å². The summed E-state index contributed by atoms with van der Waals surface area (Å²) in [6.45, 7) is 6.59. The fourth-order valence-corrected chi connectivity index (χ4v) is 2.96. The number of carbonyl (C=O) groups is 1. The van der Waals surface area contributed by atoms with Gasteiger partial charge in [0.2, 0.25) is 0 Å². The molecule has 1 aliphatic rings. The molecule has 1 aliphatic heterocycles. The Balaban J connectivity index is 1.82. The van der Waals surface area contributed by atoms with Gasteiger partial charge in [-0.2, -0.15) is 5.10 Å². The van der Waals surface area contributed by atoms with Crippen LogP contribution in [0.25, 0.3) is 0 Å². The Morgan fingerprint density at radius 1 is 1.27 bits per heavy atom. The highest BCUT2D eigenvalue weighted by atomic mass is 35.5. The molecular weight excluding hydrogens is 354 g/mol. The number of hydrogen-bond acceptors (Lipinski definition) is 4. The second-order valence-corrected chi connectivity index (χ2v) is 7.83. The Hall–Kier alpha value is -2.34. The molecule has 0 fully saturated rings. The molecule has 1 aromatic heterocycles. The van der Waals surface area contributed by atoms with Gasteiger partial charge in [0.25, 0.3) is 5.56 Å². The first-order valence-corrected chi connectivity index (χ1v) is 8.91. The molecule has 0 unspecified atom stereocenters. The van der Waals surface area contributed by atoms with Crippen LogP contribution in [-0.4, -0.2) is 32.9 Å². The summed E-state index contributed by atoms with van der Waals surface area (Å²) in [5.41, 5.74) is 1.69. The number of benzene rings is 1. The number of fused-ring (bicyclic) bond motifs is 1. The van der Waals surface area contributed by atoms with Crippen molar-refractivity contribution in [2.75, 3.05) is 6.54 Å². The number of rotatable bonds is 2. The van der Waals surface area contributed by atoms with Crippen molar-refractivity contribution in [2.24, 2.45) is 0 Å². The van der Waals surface area contributed by atoms with E-state index in [2.05, 4.69) is 5.10 Å². The lowest BCUT2D eigenvalue weighted by atomic mass is 10.0. The van der Waals surface area contributed by atoms with Gasteiger partial charge in [-0.15, -0.1) is 0 Å². The van der Waals surface area contributed by atoms with Crippen molar-refractivity contribution in [3.05, 3.63) is 62.5 Å². The van der Waals surface area contributed by atoms with Crippen molar-refractivity contribution >= 4 is 17.7 Å². The van der Waals surface area contributed by atoms with E-state index in [1.165, 1.54) is 4.68 Å². The predicted molar refractivity (Wildman–Crippen MR) is 99.4 cm³/mol. The average Bonchev–Trinajstić information content (AvgIpc) is 2.57. The quantitative estimate of drug-likeness (QED) is 0.808. The van der Waals surface area contributed by atoms with Crippen LogP contribution in [0.1, 0.15) is 37.5 Å². The van der Waals surface area contributed by atoms with Crippen LogP contribution in [-0.2, 0) is 24.2 Å². The first-order valence-electron chi connectivity index (χ1n) is 8.53. The number of hydrogen-bond donors (Lipinski definition) is 0. The van der Waals surface area contributed by atoms with Gasteiger partial charge in [0.1, 0.15) is 5.60 Å². The molecule has 0 bridgehead atoms. The zero-order chi connectivity index (χ0) is 18.9. The van der Waals surface area contributed by atoms with Crippen LogP contribution >= 0.6 is 11.6 Å². The van der Waals surface area contributed by atoms with Crippen LogP contribution in [0, 0.1) is 0 Å². The van der Waals surface area contributed by atoms with Crippen LogP contribution in [0.3, 0.4) is 0 Å². The summed E-state index contributed by atoms with van der Waals surface area (Å²) < 4.78 is 6.84. The van der Waals surface area contributed by atoms with E-state index in [0.717, 1.165) is 11.1 Å². The smallest absolute Gasteiger partial charge is 0.410 e. The molecule has 0 N–H and O–H groups in total. The summed E-state index contributed by atoms with van der Waals surface area (Å²) in [7, 11) is 0. The largest absolute Gasteiger partial charge is 0.444 e. The van der Waals surface area contributed by atoms with Gasteiger partial charge < -0.3 is 9.64 Å². The standard InChI is InChI=1S/C19H22ClN3O3/c1-19(2,3)26-18(25)22-9-8-14-10-21-23(17(24)16(14)12-22)11-13-4-6-15(20)7-5-13/h4-7,10H,8-9,11-12H2,1-3H3. The number of carbonyl (C=O) groups excluding carboxylic acids is 1. The minimum Gasteiger partial charge on any atom is -0.444 e. The monoisotopic (exact) mass is 375 g/mol. The molecule has 6 nitrogen and oxygen atoms in total. The van der Waals surface area contributed by atoms with Crippen LogP contribution in [0.15, 0.2) is 35.3 Å². The minimum absolute atomic E-state index is 0.175. The van der Waals surface area contributed by atoms with Crippen molar-refractivity contribution < 1.29 is 9.53 Å². The number of amides is 1. The molecule has 0 aliphatic carbocycles. The molecule has 0 radical (unpaired) electrons. The van der Waals surface area contributed by atoms with Gasteiger partial charge in [0, 0.05) is 17.1 Å². The fraction of sp³-hybridized carbons (Fsp3) is 0.421. The molecule has 3 rings (SSSR count). The molecule has 0 atom stereocenters. The molecule has 0 saturated carbocycles. The first kappa shape index (κ1) is 18.5. The van der Waals surface area contributed by atoms with Crippen molar-refractivity contribution in [3.8, 4) is 0 Å². The van der Waals surface area contributed by atoms with Gasteiger partial charge in [-0.1, -0.05) is 23.7 Å². The highest BCUT2D eigenvalue weighted by Gasteiger charge is 2.27. The molecule has 2 aromatic rings. The third kappa shape index (κ3) is 4.25. The van der Waals surface area contributed by atoms with Gasteiger partial charge in [-0.05, 0) is 50.5 Å². The van der Waals surface area contributed by atoms with E-state index in [-0.39, 0.29) is 12.1 Å². The molecule has 26 heavy (non-hydrogen) atoms. The van der Waals surface area contributed by atoms with E-state index in [1.54, 1.807) is 23.2 Å². The maximum Gasteiger partial charge on any atom is 0.410 e. The Labute approximate surface area is 157 Å². The number of aromatic nitrogens is 2. The normalized spacial score (nSPS) is 14.1. The summed E-state index contributed by atoms with van der Waals surface area (Å²) in [6, 6.07) is 7.29. The van der Waals surface area contributed by atoms with Crippen LogP contribution in [0.4, 0.5) is 4.79 Å². The average molecular weight is 376 g/mol. The van der Waals surface area contributed by atoms with Gasteiger partial charge >= 0.3 is 6.09 Å². The number of nitrogens with zero attached hydrogens (tertiary/aromatic N) is 3. The second kappa shape index (κ2) is 7.11. The number of halogens is 1. The topological polar surface area (TPSA) is 64.4 Å². The SMILES string of the molecule is CC(C)(C)OC(=O)N1CCc2cnn(Cc3ccc(Cl)cc3)c(=O)c2C1. The Morgan fingerprint density at radius 2 is 1.96 bits per heavy atom. The van der Waals surface area contributed by atoms with Crippen molar-refractivity contribution in [3.63, 3.8) is 0 Å². The van der Waals surface area contributed by atoms with Crippen LogP contribution < -0.4 is 5.56 Å². The van der Waals surface area contributed by atoms with E-state index >= 15 is 0 Å². The van der Waals surface area contributed by atoms with Gasteiger partial charge in [0.15, 0.2) is 0 Å². The fourth-order valence-electron chi connectivity index (χ4n) is 2.83. The van der Waals surface area contributed by atoms with Crippen molar-refractivity contribution in [2.45, 2.75) is 45.9 Å². The Bertz CT molecular complexity index is 869. The molecule has 2 heterocycles. The summed E-state index contributed by atoms with van der Waals surface area (Å²) in [4.78, 5) is 26.7. The van der Waals surface area contributed by atoms with E-state index in [9.17, 15) is 9.59 Å². The summed E-state index contributed by atoms with van der Waals surface area (Å²) in [6.07, 6.45) is 1.92.